The molecule has 17 heteroatoms. The monoisotopic (exact) mass is 609 g/mol. The zero-order valence-electron chi connectivity index (χ0n) is 20.8. The van der Waals surface area contributed by atoms with Crippen molar-refractivity contribution in [3.63, 3.8) is 0 Å². The van der Waals surface area contributed by atoms with Gasteiger partial charge < -0.3 is 14.4 Å². The molecule has 0 unspecified atom stereocenters. The Morgan fingerprint density at radius 3 is 2.13 bits per heavy atom. The van der Waals surface area contributed by atoms with Gasteiger partial charge in [0, 0.05) is 38.3 Å². The predicted octanol–water partition coefficient (Wildman–Crippen LogP) is 3.63. The van der Waals surface area contributed by atoms with Crippen LogP contribution in [0.25, 0.3) is 0 Å². The minimum atomic E-state index is -5.80. The number of rotatable bonds is 8. The summed E-state index contributed by atoms with van der Waals surface area (Å²) < 4.78 is 111. The number of nitrogens with one attached hydrogen (secondary N) is 1. The second kappa shape index (κ2) is 11.2. The molecule has 2 aliphatic rings. The average molecular weight is 610 g/mol. The van der Waals surface area contributed by atoms with E-state index in [0.29, 0.717) is 24.0 Å². The molecule has 1 N–H and O–H groups in total. The molecule has 1 saturated carbocycles. The van der Waals surface area contributed by atoms with Crippen molar-refractivity contribution in [1.29, 1.82) is 0 Å². The molecule has 0 spiro atoms. The van der Waals surface area contributed by atoms with Crippen molar-refractivity contribution in [3.05, 3.63) is 28.3 Å². The fourth-order valence-corrected chi connectivity index (χ4v) is 4.67. The molecule has 1 aliphatic carbocycles. The van der Waals surface area contributed by atoms with E-state index in [1.54, 1.807) is 24.0 Å². The summed E-state index contributed by atoms with van der Waals surface area (Å²) in [5, 5.41) is 0.263. The van der Waals surface area contributed by atoms with Gasteiger partial charge in [-0.1, -0.05) is 23.7 Å². The summed E-state index contributed by atoms with van der Waals surface area (Å²) in [5.74, 6) is -0.424. The summed E-state index contributed by atoms with van der Waals surface area (Å²) >= 11 is 6.44. The number of alkyl halides is 6. The Bertz CT molecular complexity index is 1180. The van der Waals surface area contributed by atoms with Crippen molar-refractivity contribution in [3.8, 4) is 5.75 Å². The summed E-state index contributed by atoms with van der Waals surface area (Å²) in [5.41, 5.74) is 0.219. The van der Waals surface area contributed by atoms with Crippen LogP contribution in [0.5, 0.6) is 5.75 Å². The highest BCUT2D eigenvalue weighted by atomic mass is 35.5. The molecule has 0 aromatic heterocycles. The highest BCUT2D eigenvalue weighted by Gasteiger charge is 2.60. The van der Waals surface area contributed by atoms with E-state index in [4.69, 9.17) is 16.3 Å². The maximum Gasteiger partial charge on any atom is 0.434 e. The maximum absolute atomic E-state index is 12.7. The number of aryl methyl sites for hydroxylation is 1. The number of nitrogens with zero attached hydrogens (tertiary/aromatic N) is 2. The van der Waals surface area contributed by atoms with E-state index >= 15 is 0 Å². The van der Waals surface area contributed by atoms with Gasteiger partial charge in [-0.25, -0.2) is 13.2 Å². The van der Waals surface area contributed by atoms with Crippen LogP contribution in [-0.4, -0.2) is 87.7 Å². The summed E-state index contributed by atoms with van der Waals surface area (Å²) in [7, 11) is -3.76. The molecule has 220 valence electrons. The van der Waals surface area contributed by atoms with Crippen LogP contribution in [-0.2, 0) is 26.1 Å². The van der Waals surface area contributed by atoms with Crippen LogP contribution in [0, 0.1) is 12.3 Å². The second-order valence-corrected chi connectivity index (χ2v) is 11.7. The van der Waals surface area contributed by atoms with Crippen LogP contribution in [0.2, 0.25) is 5.02 Å². The number of benzene rings is 1. The largest absolute Gasteiger partial charge is 0.491 e. The van der Waals surface area contributed by atoms with E-state index in [9.17, 15) is 44.3 Å². The Hall–Kier alpha value is -2.46. The molecule has 39 heavy (non-hydrogen) atoms. The fourth-order valence-electron chi connectivity index (χ4n) is 3.87. The molecule has 1 aromatic rings. The van der Waals surface area contributed by atoms with E-state index in [1.807, 2.05) is 4.72 Å². The highest BCUT2D eigenvalue weighted by Crippen LogP contribution is 2.47. The van der Waals surface area contributed by atoms with E-state index in [0.717, 1.165) is 11.2 Å². The summed E-state index contributed by atoms with van der Waals surface area (Å²) in [4.78, 5) is 27.0. The molecule has 0 bridgehead atoms. The zero-order valence-corrected chi connectivity index (χ0v) is 22.4. The van der Waals surface area contributed by atoms with Crippen molar-refractivity contribution < 1.29 is 53.8 Å². The van der Waals surface area contributed by atoms with Gasteiger partial charge in [0.2, 0.25) is 15.9 Å². The van der Waals surface area contributed by atoms with E-state index < -0.39 is 45.9 Å². The maximum atomic E-state index is 12.7. The zero-order chi connectivity index (χ0) is 29.4. The Kier molecular flexibility index (Phi) is 8.92. The summed E-state index contributed by atoms with van der Waals surface area (Å²) in [6, 6.07) is 3.43. The Balaban J connectivity index is 1.63. The number of ether oxygens (including phenoxy) is 2. The molecule has 1 saturated heterocycles. The van der Waals surface area contributed by atoms with Gasteiger partial charge in [-0.2, -0.15) is 26.3 Å². The van der Waals surface area contributed by atoms with Gasteiger partial charge in [0.15, 0.2) is 0 Å². The first-order chi connectivity index (χ1) is 17.8. The molecular formula is C22H26ClF6N3O6S. The number of sulfonamides is 1. The minimum Gasteiger partial charge on any atom is -0.491 e. The lowest BCUT2D eigenvalue weighted by molar-refractivity contribution is -0.308. The molecule has 0 radical (unpaired) electrons. The highest BCUT2D eigenvalue weighted by molar-refractivity contribution is 7.89. The molecule has 9 nitrogen and oxygen atoms in total. The quantitative estimate of drug-likeness (QED) is 0.449. The Morgan fingerprint density at radius 2 is 1.64 bits per heavy atom. The lowest BCUT2D eigenvalue weighted by atomic mass is 10.1. The SMILES string of the molecule is Cc1ccc(CN2CCN(C(=O)OC(C(F)(F)F)C(F)(F)F)CC2)c(OCC2(C(=O)NS(C)(=O)=O)CC2)c1Cl. The summed E-state index contributed by atoms with van der Waals surface area (Å²) in [6.07, 6.45) is -15.9. The number of halogens is 7. The van der Waals surface area contributed by atoms with E-state index in [2.05, 4.69) is 4.74 Å². The number of piperazine rings is 1. The molecule has 1 aliphatic heterocycles. The van der Waals surface area contributed by atoms with Gasteiger partial charge in [0.25, 0.3) is 6.10 Å². The number of hydrogen-bond donors (Lipinski definition) is 1. The van der Waals surface area contributed by atoms with Crippen LogP contribution < -0.4 is 9.46 Å². The first kappa shape index (κ1) is 31.1. The lowest BCUT2D eigenvalue weighted by Crippen LogP contribution is -2.52. The number of carbonyl (C=O) groups is 2. The van der Waals surface area contributed by atoms with Gasteiger partial charge in [-0.3, -0.25) is 14.4 Å². The van der Waals surface area contributed by atoms with Gasteiger partial charge >= 0.3 is 18.4 Å². The Morgan fingerprint density at radius 1 is 1.08 bits per heavy atom. The van der Waals surface area contributed by atoms with Gasteiger partial charge in [-0.15, -0.1) is 0 Å². The first-order valence-corrected chi connectivity index (χ1v) is 13.8. The molecule has 3 rings (SSSR count). The van der Waals surface area contributed by atoms with Crippen LogP contribution in [0.3, 0.4) is 0 Å². The first-order valence-electron chi connectivity index (χ1n) is 11.6. The lowest BCUT2D eigenvalue weighted by Gasteiger charge is -2.35. The third-order valence-electron chi connectivity index (χ3n) is 6.32. The van der Waals surface area contributed by atoms with Crippen molar-refractivity contribution in [1.82, 2.24) is 14.5 Å². The van der Waals surface area contributed by atoms with Gasteiger partial charge in [-0.05, 0) is 25.3 Å². The number of hydrogen-bond acceptors (Lipinski definition) is 7. The number of amides is 2. The normalized spacial score (nSPS) is 18.2. The molecule has 1 heterocycles. The average Bonchev–Trinajstić information content (AvgIpc) is 3.58. The van der Waals surface area contributed by atoms with Crippen LogP contribution >= 0.6 is 11.6 Å². The van der Waals surface area contributed by atoms with Crippen LogP contribution in [0.1, 0.15) is 24.0 Å². The molecule has 2 amide bonds. The molecule has 2 fully saturated rings. The third-order valence-corrected chi connectivity index (χ3v) is 7.34. The smallest absolute Gasteiger partial charge is 0.434 e. The molecular weight excluding hydrogens is 584 g/mol. The topological polar surface area (TPSA) is 105 Å². The fraction of sp³-hybridized carbons (Fsp3) is 0.636. The van der Waals surface area contributed by atoms with Crippen molar-refractivity contribution >= 4 is 33.6 Å². The van der Waals surface area contributed by atoms with E-state index in [1.165, 1.54) is 0 Å². The Labute approximate surface area is 225 Å². The van der Waals surface area contributed by atoms with Crippen LogP contribution in [0.15, 0.2) is 12.1 Å². The van der Waals surface area contributed by atoms with Crippen molar-refractivity contribution in [2.45, 2.75) is 44.8 Å². The van der Waals surface area contributed by atoms with Crippen LogP contribution in [0.4, 0.5) is 31.1 Å². The number of carbonyl (C=O) groups excluding carboxylic acids is 2. The summed E-state index contributed by atoms with van der Waals surface area (Å²) in [6.45, 7) is 1.62. The standard InChI is InChI=1S/C22H26ClF6N3O6S/c1-13-3-4-14(16(15(13)23)37-12-20(5-6-20)18(33)30-39(2,35)36)11-31-7-9-32(10-8-31)19(34)38-17(21(24,25)26)22(27,28)29/h3-4,17H,5-12H2,1-2H3,(H,30,33). The van der Waals surface area contributed by atoms with Crippen molar-refractivity contribution in [2.75, 3.05) is 39.0 Å². The van der Waals surface area contributed by atoms with Gasteiger partial charge in [0.1, 0.15) is 12.4 Å². The third kappa shape index (κ3) is 8.03. The van der Waals surface area contributed by atoms with E-state index in [-0.39, 0.29) is 50.1 Å². The predicted molar refractivity (Wildman–Crippen MR) is 126 cm³/mol. The van der Waals surface area contributed by atoms with Crippen molar-refractivity contribution in [2.24, 2.45) is 5.41 Å². The minimum absolute atomic E-state index is 0.101. The van der Waals surface area contributed by atoms with Gasteiger partial charge in [0.05, 0.1) is 16.7 Å². The molecule has 0 atom stereocenters. The molecule has 1 aromatic carbocycles. The second-order valence-electron chi connectivity index (χ2n) is 9.57.